The average molecular weight is 270 g/mol. The van der Waals surface area contributed by atoms with Crippen molar-refractivity contribution in [3.8, 4) is 0 Å². The lowest BCUT2D eigenvalue weighted by Gasteiger charge is -2.05. The van der Waals surface area contributed by atoms with Crippen LogP contribution in [-0.2, 0) is 19.9 Å². The zero-order valence-corrected chi connectivity index (χ0v) is 11.7. The van der Waals surface area contributed by atoms with E-state index in [0.717, 1.165) is 17.9 Å². The van der Waals surface area contributed by atoms with Gasteiger partial charge in [0.25, 0.3) is 0 Å². The maximum atomic E-state index is 5.90. The standard InChI is InChI=1S/C17H16ClN/c1-19-16(12-14-4-2-3-5-17(14)19)11-8-13-6-9-15(18)10-7-13/h2-7,9-10,12H,8,11H2,1H3. The minimum atomic E-state index is 0.799. The first kappa shape index (κ1) is 12.3. The third-order valence-electron chi connectivity index (χ3n) is 3.63. The third kappa shape index (κ3) is 2.52. The van der Waals surface area contributed by atoms with Gasteiger partial charge in [-0.15, -0.1) is 0 Å². The van der Waals surface area contributed by atoms with Gasteiger partial charge in [-0.2, -0.15) is 0 Å². The molecule has 19 heavy (non-hydrogen) atoms. The monoisotopic (exact) mass is 269 g/mol. The first-order chi connectivity index (χ1) is 9.24. The highest BCUT2D eigenvalue weighted by atomic mass is 35.5. The van der Waals surface area contributed by atoms with Gasteiger partial charge in [0, 0.05) is 23.3 Å². The van der Waals surface area contributed by atoms with Crippen molar-refractivity contribution in [3.63, 3.8) is 0 Å². The Hall–Kier alpha value is -1.73. The van der Waals surface area contributed by atoms with Gasteiger partial charge >= 0.3 is 0 Å². The molecule has 3 aromatic rings. The zero-order chi connectivity index (χ0) is 13.2. The molecule has 1 aromatic heterocycles. The predicted octanol–water partition coefficient (Wildman–Crippen LogP) is 4.62. The van der Waals surface area contributed by atoms with Crippen molar-refractivity contribution < 1.29 is 0 Å². The molecule has 0 aliphatic heterocycles. The molecular formula is C17H16ClN. The lowest BCUT2D eigenvalue weighted by molar-refractivity contribution is 0.820. The van der Waals surface area contributed by atoms with E-state index >= 15 is 0 Å². The van der Waals surface area contributed by atoms with Crippen LogP contribution >= 0.6 is 11.6 Å². The summed E-state index contributed by atoms with van der Waals surface area (Å²) in [6.45, 7) is 0. The minimum Gasteiger partial charge on any atom is -0.348 e. The van der Waals surface area contributed by atoms with E-state index in [0.29, 0.717) is 0 Å². The summed E-state index contributed by atoms with van der Waals surface area (Å²) in [5.74, 6) is 0. The Morgan fingerprint density at radius 2 is 1.68 bits per heavy atom. The number of fused-ring (bicyclic) bond motifs is 1. The molecular weight excluding hydrogens is 254 g/mol. The molecule has 2 aromatic carbocycles. The molecule has 0 radical (unpaired) electrons. The molecule has 0 unspecified atom stereocenters. The molecule has 96 valence electrons. The van der Waals surface area contributed by atoms with Gasteiger partial charge in [-0.05, 0) is 48.1 Å². The van der Waals surface area contributed by atoms with Gasteiger partial charge in [0.2, 0.25) is 0 Å². The first-order valence-corrected chi connectivity index (χ1v) is 6.89. The van der Waals surface area contributed by atoms with Crippen LogP contribution in [0.25, 0.3) is 10.9 Å². The maximum Gasteiger partial charge on any atom is 0.0479 e. The Bertz CT molecular complexity index is 695. The Labute approximate surface area is 118 Å². The van der Waals surface area contributed by atoms with Crippen LogP contribution in [0.1, 0.15) is 11.3 Å². The number of aromatic nitrogens is 1. The van der Waals surface area contributed by atoms with Gasteiger partial charge in [0.05, 0.1) is 0 Å². The molecule has 1 nitrogen and oxygen atoms in total. The number of benzene rings is 2. The molecule has 0 bridgehead atoms. The van der Waals surface area contributed by atoms with Crippen LogP contribution in [0.4, 0.5) is 0 Å². The van der Waals surface area contributed by atoms with Gasteiger partial charge in [0.15, 0.2) is 0 Å². The number of aryl methyl sites for hydroxylation is 3. The lowest BCUT2D eigenvalue weighted by Crippen LogP contribution is -1.98. The Kier molecular flexibility index (Phi) is 3.31. The molecule has 0 amide bonds. The average Bonchev–Trinajstić information content (AvgIpc) is 2.76. The minimum absolute atomic E-state index is 0.799. The molecule has 0 spiro atoms. The topological polar surface area (TPSA) is 4.93 Å². The Morgan fingerprint density at radius 3 is 2.42 bits per heavy atom. The van der Waals surface area contributed by atoms with E-state index in [1.807, 2.05) is 12.1 Å². The molecule has 2 heteroatoms. The normalized spacial score (nSPS) is 11.1. The molecule has 0 fully saturated rings. The number of halogens is 1. The van der Waals surface area contributed by atoms with Crippen LogP contribution in [0, 0.1) is 0 Å². The molecule has 1 heterocycles. The Balaban J connectivity index is 1.82. The summed E-state index contributed by atoms with van der Waals surface area (Å²) in [6.07, 6.45) is 2.09. The molecule has 0 aliphatic rings. The van der Waals surface area contributed by atoms with Crippen LogP contribution < -0.4 is 0 Å². The summed E-state index contributed by atoms with van der Waals surface area (Å²) in [5.41, 5.74) is 4.00. The van der Waals surface area contributed by atoms with Gasteiger partial charge in [0.1, 0.15) is 0 Å². The van der Waals surface area contributed by atoms with Crippen molar-refractivity contribution in [1.82, 2.24) is 4.57 Å². The highest BCUT2D eigenvalue weighted by molar-refractivity contribution is 6.30. The molecule has 0 atom stereocenters. The van der Waals surface area contributed by atoms with Crippen molar-refractivity contribution in [2.45, 2.75) is 12.8 Å². The number of hydrogen-bond acceptors (Lipinski definition) is 0. The van der Waals surface area contributed by atoms with E-state index in [-0.39, 0.29) is 0 Å². The van der Waals surface area contributed by atoms with Crippen molar-refractivity contribution in [1.29, 1.82) is 0 Å². The molecule has 3 rings (SSSR count). The highest BCUT2D eigenvalue weighted by Crippen LogP contribution is 2.20. The number of hydrogen-bond donors (Lipinski definition) is 0. The molecule has 0 saturated carbocycles. The van der Waals surface area contributed by atoms with Crippen LogP contribution in [0.15, 0.2) is 54.6 Å². The fourth-order valence-electron chi connectivity index (χ4n) is 2.51. The summed E-state index contributed by atoms with van der Waals surface area (Å²) in [7, 11) is 2.14. The second-order valence-electron chi connectivity index (χ2n) is 4.88. The third-order valence-corrected chi connectivity index (χ3v) is 3.89. The quantitative estimate of drug-likeness (QED) is 0.654. The summed E-state index contributed by atoms with van der Waals surface area (Å²) in [5, 5.41) is 2.12. The van der Waals surface area contributed by atoms with E-state index in [1.54, 1.807) is 0 Å². The summed E-state index contributed by atoms with van der Waals surface area (Å²) >= 11 is 5.90. The number of rotatable bonds is 3. The van der Waals surface area contributed by atoms with Crippen LogP contribution in [-0.4, -0.2) is 4.57 Å². The van der Waals surface area contributed by atoms with E-state index in [1.165, 1.54) is 22.2 Å². The van der Waals surface area contributed by atoms with Crippen LogP contribution in [0.5, 0.6) is 0 Å². The van der Waals surface area contributed by atoms with E-state index in [9.17, 15) is 0 Å². The van der Waals surface area contributed by atoms with E-state index in [4.69, 9.17) is 11.6 Å². The molecule has 0 aliphatic carbocycles. The summed E-state index contributed by atoms with van der Waals surface area (Å²) < 4.78 is 2.28. The second-order valence-corrected chi connectivity index (χ2v) is 5.32. The maximum absolute atomic E-state index is 5.90. The second kappa shape index (κ2) is 5.10. The van der Waals surface area contributed by atoms with Crippen molar-refractivity contribution in [2.75, 3.05) is 0 Å². The summed E-state index contributed by atoms with van der Waals surface area (Å²) in [6, 6.07) is 18.9. The van der Waals surface area contributed by atoms with Gasteiger partial charge in [-0.25, -0.2) is 0 Å². The van der Waals surface area contributed by atoms with E-state index in [2.05, 4.69) is 54.1 Å². The molecule has 0 N–H and O–H groups in total. The Morgan fingerprint density at radius 1 is 0.947 bits per heavy atom. The summed E-state index contributed by atoms with van der Waals surface area (Å²) in [4.78, 5) is 0. The number of para-hydroxylation sites is 1. The lowest BCUT2D eigenvalue weighted by atomic mass is 10.1. The van der Waals surface area contributed by atoms with Gasteiger partial charge < -0.3 is 4.57 Å². The van der Waals surface area contributed by atoms with Crippen LogP contribution in [0.3, 0.4) is 0 Å². The van der Waals surface area contributed by atoms with E-state index < -0.39 is 0 Å². The smallest absolute Gasteiger partial charge is 0.0479 e. The predicted molar refractivity (Wildman–Crippen MR) is 81.8 cm³/mol. The van der Waals surface area contributed by atoms with Crippen molar-refractivity contribution in [3.05, 3.63) is 70.9 Å². The van der Waals surface area contributed by atoms with Crippen molar-refractivity contribution in [2.24, 2.45) is 7.05 Å². The fourth-order valence-corrected chi connectivity index (χ4v) is 2.64. The fraction of sp³-hybridized carbons (Fsp3) is 0.176. The van der Waals surface area contributed by atoms with Gasteiger partial charge in [-0.3, -0.25) is 0 Å². The zero-order valence-electron chi connectivity index (χ0n) is 10.9. The SMILES string of the molecule is Cn1c(CCc2ccc(Cl)cc2)cc2ccccc21. The highest BCUT2D eigenvalue weighted by Gasteiger charge is 2.05. The van der Waals surface area contributed by atoms with Crippen molar-refractivity contribution >= 4 is 22.5 Å². The van der Waals surface area contributed by atoms with Gasteiger partial charge in [-0.1, -0.05) is 41.9 Å². The molecule has 0 saturated heterocycles. The van der Waals surface area contributed by atoms with Crippen LogP contribution in [0.2, 0.25) is 5.02 Å². The largest absolute Gasteiger partial charge is 0.348 e. The first-order valence-electron chi connectivity index (χ1n) is 6.52. The number of nitrogens with zero attached hydrogens (tertiary/aromatic N) is 1.